The van der Waals surface area contributed by atoms with Crippen molar-refractivity contribution in [3.8, 4) is 0 Å². The van der Waals surface area contributed by atoms with E-state index in [0.717, 1.165) is 0 Å². The predicted molar refractivity (Wildman–Crippen MR) is 61.8 cm³/mol. The topological polar surface area (TPSA) is 81.5 Å². The average molecular weight is 251 g/mol. The van der Waals surface area contributed by atoms with E-state index in [1.165, 1.54) is 12.3 Å². The molecule has 1 N–H and O–H groups in total. The van der Waals surface area contributed by atoms with Gasteiger partial charge in [0.25, 0.3) is 0 Å². The Kier molecular flexibility index (Phi) is 3.66. The van der Waals surface area contributed by atoms with Gasteiger partial charge in [0.15, 0.2) is 5.58 Å². The third kappa shape index (κ3) is 2.71. The van der Waals surface area contributed by atoms with Gasteiger partial charge in [-0.15, -0.1) is 0 Å². The number of fused-ring (bicyclic) bond motifs is 1. The molecule has 0 atom stereocenters. The van der Waals surface area contributed by atoms with Crippen molar-refractivity contribution in [3.05, 3.63) is 24.1 Å². The van der Waals surface area contributed by atoms with Crippen LogP contribution in [0.2, 0.25) is 0 Å². The molecule has 0 aliphatic rings. The zero-order valence-corrected chi connectivity index (χ0v) is 9.89. The van der Waals surface area contributed by atoms with Crippen molar-refractivity contribution in [1.29, 1.82) is 0 Å². The van der Waals surface area contributed by atoms with Crippen molar-refractivity contribution in [3.63, 3.8) is 0 Å². The zero-order valence-electron chi connectivity index (χ0n) is 9.89. The Hall–Kier alpha value is -2.24. The van der Waals surface area contributed by atoms with Gasteiger partial charge >= 0.3 is 11.9 Å². The number of rotatable bonds is 5. The highest BCUT2D eigenvalue weighted by atomic mass is 16.7. The fourth-order valence-corrected chi connectivity index (χ4v) is 1.46. The van der Waals surface area contributed by atoms with E-state index < -0.39 is 5.97 Å². The summed E-state index contributed by atoms with van der Waals surface area (Å²) in [5.74, 6) is -0.976. The molecular weight excluding hydrogens is 238 g/mol. The Bertz CT molecular complexity index is 525. The number of H-pyrrole nitrogens is 1. The number of furan rings is 1. The van der Waals surface area contributed by atoms with E-state index in [4.69, 9.17) is 13.9 Å². The summed E-state index contributed by atoms with van der Waals surface area (Å²) in [6.45, 7) is 1.49. The van der Waals surface area contributed by atoms with Crippen molar-refractivity contribution in [1.82, 2.24) is 4.98 Å². The van der Waals surface area contributed by atoms with E-state index in [-0.39, 0.29) is 18.5 Å². The average Bonchev–Trinajstić information content (AvgIpc) is 2.89. The molecule has 18 heavy (non-hydrogen) atoms. The summed E-state index contributed by atoms with van der Waals surface area (Å²) < 4.78 is 14.6. The Morgan fingerprint density at radius 3 is 2.94 bits per heavy atom. The van der Waals surface area contributed by atoms with Crippen LogP contribution in [0.25, 0.3) is 11.1 Å². The largest absolute Gasteiger partial charge is 0.463 e. The van der Waals surface area contributed by atoms with Gasteiger partial charge in [0.2, 0.25) is 6.79 Å². The molecule has 0 unspecified atom stereocenters. The van der Waals surface area contributed by atoms with E-state index in [0.29, 0.717) is 23.9 Å². The first-order valence-electron chi connectivity index (χ1n) is 5.59. The molecule has 6 heteroatoms. The van der Waals surface area contributed by atoms with E-state index in [2.05, 4.69) is 4.98 Å². The molecule has 6 nitrogen and oxygen atoms in total. The summed E-state index contributed by atoms with van der Waals surface area (Å²) in [5.41, 5.74) is 1.55. The molecule has 96 valence electrons. The number of ether oxygens (including phenoxy) is 2. The molecule has 0 radical (unpaired) electrons. The minimum absolute atomic E-state index is 0.260. The van der Waals surface area contributed by atoms with Gasteiger partial charge in [-0.05, 0) is 6.42 Å². The van der Waals surface area contributed by atoms with Gasteiger partial charge in [0.05, 0.1) is 11.8 Å². The first-order chi connectivity index (χ1) is 8.70. The van der Waals surface area contributed by atoms with E-state index in [1.807, 2.05) is 6.92 Å². The van der Waals surface area contributed by atoms with E-state index >= 15 is 0 Å². The predicted octanol–water partition coefficient (Wildman–Crippen LogP) is 2.22. The first kappa shape index (κ1) is 12.2. The van der Waals surface area contributed by atoms with Gasteiger partial charge in [-0.3, -0.25) is 4.79 Å². The van der Waals surface area contributed by atoms with Crippen LogP contribution >= 0.6 is 0 Å². The lowest BCUT2D eigenvalue weighted by Gasteiger charge is -2.04. The van der Waals surface area contributed by atoms with Crippen molar-refractivity contribution >= 4 is 23.0 Å². The third-order valence-corrected chi connectivity index (χ3v) is 2.32. The summed E-state index contributed by atoms with van der Waals surface area (Å²) in [6, 6.07) is 3.24. The Morgan fingerprint density at radius 2 is 2.22 bits per heavy atom. The van der Waals surface area contributed by atoms with Crippen LogP contribution in [0, 0.1) is 0 Å². The molecule has 2 aromatic heterocycles. The van der Waals surface area contributed by atoms with Crippen molar-refractivity contribution < 1.29 is 23.5 Å². The summed E-state index contributed by atoms with van der Waals surface area (Å²) in [7, 11) is 0. The minimum Gasteiger partial charge on any atom is -0.463 e. The maximum absolute atomic E-state index is 11.6. The number of aromatic amines is 1. The maximum Gasteiger partial charge on any atom is 0.357 e. The van der Waals surface area contributed by atoms with Crippen molar-refractivity contribution in [2.75, 3.05) is 6.79 Å². The van der Waals surface area contributed by atoms with Crippen LogP contribution in [0.5, 0.6) is 0 Å². The summed E-state index contributed by atoms with van der Waals surface area (Å²) >= 11 is 0. The number of carbonyl (C=O) groups excluding carboxylic acids is 2. The monoisotopic (exact) mass is 251 g/mol. The SMILES string of the molecule is CCCC(=O)OCOC(=O)c1cc2occc2[nH]1. The molecule has 2 aromatic rings. The van der Waals surface area contributed by atoms with Crippen molar-refractivity contribution in [2.24, 2.45) is 0 Å². The number of carbonyl (C=O) groups is 2. The molecule has 2 rings (SSSR count). The molecule has 2 heterocycles. The van der Waals surface area contributed by atoms with Crippen molar-refractivity contribution in [2.45, 2.75) is 19.8 Å². The Balaban J connectivity index is 1.85. The summed E-state index contributed by atoms with van der Waals surface area (Å²) in [4.78, 5) is 25.4. The minimum atomic E-state index is -0.592. The Morgan fingerprint density at radius 1 is 1.39 bits per heavy atom. The van der Waals surface area contributed by atoms with Crippen LogP contribution in [0.4, 0.5) is 0 Å². The van der Waals surface area contributed by atoms with E-state index in [9.17, 15) is 9.59 Å². The highest BCUT2D eigenvalue weighted by Gasteiger charge is 2.13. The second-order valence-electron chi connectivity index (χ2n) is 3.70. The molecule has 0 fully saturated rings. The lowest BCUT2D eigenvalue weighted by Crippen LogP contribution is -2.12. The molecule has 0 aromatic carbocycles. The molecule has 0 aliphatic heterocycles. The van der Waals surface area contributed by atoms with Gasteiger partial charge in [0.1, 0.15) is 5.69 Å². The number of hydrogen-bond donors (Lipinski definition) is 1. The van der Waals surface area contributed by atoms with Crippen LogP contribution in [0.1, 0.15) is 30.3 Å². The lowest BCUT2D eigenvalue weighted by molar-refractivity contribution is -0.152. The molecule has 0 aliphatic carbocycles. The standard InChI is InChI=1S/C12H13NO5/c1-2-3-11(14)17-7-18-12(15)9-6-10-8(13-9)4-5-16-10/h4-6,13H,2-3,7H2,1H3. The molecule has 0 amide bonds. The van der Waals surface area contributed by atoms with Gasteiger partial charge in [-0.2, -0.15) is 0 Å². The van der Waals surface area contributed by atoms with Crippen LogP contribution in [0.15, 0.2) is 22.8 Å². The molecule has 0 saturated carbocycles. The van der Waals surface area contributed by atoms with E-state index in [1.54, 1.807) is 6.07 Å². The fourth-order valence-electron chi connectivity index (χ4n) is 1.46. The number of aromatic nitrogens is 1. The van der Waals surface area contributed by atoms with Gasteiger partial charge in [-0.1, -0.05) is 6.92 Å². The lowest BCUT2D eigenvalue weighted by atomic mass is 10.3. The Labute approximate surface area is 103 Å². The molecule has 0 bridgehead atoms. The number of hydrogen-bond acceptors (Lipinski definition) is 5. The molecular formula is C12H13NO5. The highest BCUT2D eigenvalue weighted by Crippen LogP contribution is 2.16. The highest BCUT2D eigenvalue weighted by molar-refractivity contribution is 5.93. The first-order valence-corrected chi connectivity index (χ1v) is 5.59. The maximum atomic E-state index is 11.6. The molecule has 0 saturated heterocycles. The quantitative estimate of drug-likeness (QED) is 0.650. The van der Waals surface area contributed by atoms with Gasteiger partial charge in [0, 0.05) is 18.6 Å². The normalized spacial score (nSPS) is 10.5. The second-order valence-corrected chi connectivity index (χ2v) is 3.70. The summed E-state index contributed by atoms with van der Waals surface area (Å²) in [6.07, 6.45) is 2.52. The second kappa shape index (κ2) is 5.39. The number of nitrogens with one attached hydrogen (secondary N) is 1. The molecule has 0 spiro atoms. The third-order valence-electron chi connectivity index (χ3n) is 2.32. The smallest absolute Gasteiger partial charge is 0.357 e. The zero-order chi connectivity index (χ0) is 13.0. The van der Waals surface area contributed by atoms with Crippen LogP contribution in [0.3, 0.4) is 0 Å². The fraction of sp³-hybridized carbons (Fsp3) is 0.333. The van der Waals surface area contributed by atoms with Crippen LogP contribution in [-0.2, 0) is 14.3 Å². The number of esters is 2. The van der Waals surface area contributed by atoms with Crippen LogP contribution in [-0.4, -0.2) is 23.7 Å². The van der Waals surface area contributed by atoms with Gasteiger partial charge in [-0.25, -0.2) is 4.79 Å². The summed E-state index contributed by atoms with van der Waals surface area (Å²) in [5, 5.41) is 0. The van der Waals surface area contributed by atoms with Gasteiger partial charge < -0.3 is 18.9 Å². The van der Waals surface area contributed by atoms with Crippen LogP contribution < -0.4 is 0 Å².